The van der Waals surface area contributed by atoms with Crippen LogP contribution in [0.5, 0.6) is 5.75 Å². The second-order valence-corrected chi connectivity index (χ2v) is 3.96. The van der Waals surface area contributed by atoms with Crippen LogP contribution in [-0.2, 0) is 0 Å². The number of methoxy groups -OCH3 is 1. The molecular formula is C14H11FN2O. The van der Waals surface area contributed by atoms with Crippen LogP contribution in [0, 0.1) is 5.82 Å². The highest BCUT2D eigenvalue weighted by atomic mass is 19.1. The molecule has 3 nitrogen and oxygen atoms in total. The largest absolute Gasteiger partial charge is 0.494 e. The normalized spacial score (nSPS) is 10.8. The second kappa shape index (κ2) is 4.14. The van der Waals surface area contributed by atoms with Gasteiger partial charge in [-0.3, -0.25) is 5.10 Å². The van der Waals surface area contributed by atoms with E-state index in [4.69, 9.17) is 4.74 Å². The zero-order chi connectivity index (χ0) is 12.5. The minimum Gasteiger partial charge on any atom is -0.494 e. The Bertz CT molecular complexity index is 706. The van der Waals surface area contributed by atoms with Crippen LogP contribution in [-0.4, -0.2) is 17.3 Å². The Kier molecular flexibility index (Phi) is 2.48. The Hall–Kier alpha value is -2.36. The van der Waals surface area contributed by atoms with E-state index < -0.39 is 0 Å². The molecule has 2 aromatic carbocycles. The molecule has 0 amide bonds. The predicted molar refractivity (Wildman–Crippen MR) is 68.0 cm³/mol. The molecule has 4 heteroatoms. The van der Waals surface area contributed by atoms with Crippen LogP contribution < -0.4 is 4.74 Å². The summed E-state index contributed by atoms with van der Waals surface area (Å²) < 4.78 is 19.2. The fourth-order valence-electron chi connectivity index (χ4n) is 2.08. The van der Waals surface area contributed by atoms with Gasteiger partial charge in [-0.25, -0.2) is 4.39 Å². The van der Waals surface area contributed by atoms with E-state index >= 15 is 0 Å². The number of rotatable bonds is 2. The summed E-state index contributed by atoms with van der Waals surface area (Å²) >= 11 is 0. The van der Waals surface area contributed by atoms with E-state index in [0.717, 1.165) is 16.5 Å². The number of nitrogens with zero attached hydrogens (tertiary/aromatic N) is 1. The molecule has 1 N–H and O–H groups in total. The summed E-state index contributed by atoms with van der Waals surface area (Å²) in [5.74, 6) is -0.110. The van der Waals surface area contributed by atoms with E-state index in [-0.39, 0.29) is 11.6 Å². The molecule has 0 aliphatic rings. The Morgan fingerprint density at radius 2 is 1.89 bits per heavy atom. The van der Waals surface area contributed by atoms with E-state index in [2.05, 4.69) is 10.2 Å². The van der Waals surface area contributed by atoms with Crippen LogP contribution in [0.1, 0.15) is 0 Å². The van der Waals surface area contributed by atoms with Crippen LogP contribution in [0.2, 0.25) is 0 Å². The van der Waals surface area contributed by atoms with Crippen molar-refractivity contribution in [3.8, 4) is 16.9 Å². The van der Waals surface area contributed by atoms with Crippen LogP contribution in [0.3, 0.4) is 0 Å². The van der Waals surface area contributed by atoms with Crippen molar-refractivity contribution in [2.45, 2.75) is 0 Å². The van der Waals surface area contributed by atoms with Gasteiger partial charge in [0.2, 0.25) is 0 Å². The number of benzene rings is 2. The lowest BCUT2D eigenvalue weighted by atomic mass is 10.0. The molecule has 3 rings (SSSR count). The lowest BCUT2D eigenvalue weighted by Crippen LogP contribution is -1.91. The molecule has 0 atom stereocenters. The van der Waals surface area contributed by atoms with Crippen molar-refractivity contribution in [3.05, 3.63) is 48.4 Å². The van der Waals surface area contributed by atoms with Gasteiger partial charge in [0, 0.05) is 10.9 Å². The maximum Gasteiger partial charge on any atom is 0.172 e. The standard InChI is InChI=1S/C14H11FN2O/c1-18-13-7-3-5-10(14(13)15)9-4-2-6-12-11(9)8-16-17-12/h2-8H,1H3,(H,16,17). The third-order valence-electron chi connectivity index (χ3n) is 2.96. The van der Waals surface area contributed by atoms with Gasteiger partial charge < -0.3 is 4.74 Å². The maximum absolute atomic E-state index is 14.2. The highest BCUT2D eigenvalue weighted by Crippen LogP contribution is 2.32. The molecule has 90 valence electrons. The first kappa shape index (κ1) is 10.8. The molecule has 1 aromatic heterocycles. The summed E-state index contributed by atoms with van der Waals surface area (Å²) in [5, 5.41) is 7.75. The third-order valence-corrected chi connectivity index (χ3v) is 2.96. The van der Waals surface area contributed by atoms with E-state index in [0.29, 0.717) is 5.56 Å². The van der Waals surface area contributed by atoms with Crippen LogP contribution in [0.25, 0.3) is 22.0 Å². The van der Waals surface area contributed by atoms with E-state index in [1.807, 2.05) is 18.2 Å². The first-order chi connectivity index (χ1) is 8.81. The zero-order valence-electron chi connectivity index (χ0n) is 9.77. The fourth-order valence-corrected chi connectivity index (χ4v) is 2.08. The molecular weight excluding hydrogens is 231 g/mol. The molecule has 0 bridgehead atoms. The van der Waals surface area contributed by atoms with Gasteiger partial charge in [-0.1, -0.05) is 24.3 Å². The van der Waals surface area contributed by atoms with Gasteiger partial charge in [0.15, 0.2) is 11.6 Å². The monoisotopic (exact) mass is 242 g/mol. The molecule has 3 aromatic rings. The quantitative estimate of drug-likeness (QED) is 0.748. The molecule has 0 fully saturated rings. The topological polar surface area (TPSA) is 37.9 Å². The fraction of sp³-hybridized carbons (Fsp3) is 0.0714. The van der Waals surface area contributed by atoms with Gasteiger partial charge in [-0.15, -0.1) is 0 Å². The SMILES string of the molecule is COc1cccc(-c2cccc3[nH]ncc23)c1F. The van der Waals surface area contributed by atoms with Crippen molar-refractivity contribution < 1.29 is 9.13 Å². The van der Waals surface area contributed by atoms with Crippen molar-refractivity contribution in [2.24, 2.45) is 0 Å². The summed E-state index contributed by atoms with van der Waals surface area (Å²) in [4.78, 5) is 0. The minimum absolute atomic E-state index is 0.244. The second-order valence-electron chi connectivity index (χ2n) is 3.96. The number of halogens is 1. The number of hydrogen-bond acceptors (Lipinski definition) is 2. The van der Waals surface area contributed by atoms with Crippen molar-refractivity contribution >= 4 is 10.9 Å². The maximum atomic E-state index is 14.2. The van der Waals surface area contributed by atoms with Crippen molar-refractivity contribution in [3.63, 3.8) is 0 Å². The number of hydrogen-bond donors (Lipinski definition) is 1. The molecule has 0 saturated heterocycles. The van der Waals surface area contributed by atoms with Crippen LogP contribution in [0.15, 0.2) is 42.6 Å². The summed E-state index contributed by atoms with van der Waals surface area (Å²) in [6.07, 6.45) is 1.70. The van der Waals surface area contributed by atoms with Gasteiger partial charge in [0.05, 0.1) is 18.8 Å². The molecule has 1 heterocycles. The number of aromatic nitrogens is 2. The van der Waals surface area contributed by atoms with Gasteiger partial charge in [0.25, 0.3) is 0 Å². The van der Waals surface area contributed by atoms with Crippen molar-refractivity contribution in [2.75, 3.05) is 7.11 Å². The first-order valence-corrected chi connectivity index (χ1v) is 5.56. The number of H-pyrrole nitrogens is 1. The van der Waals surface area contributed by atoms with Gasteiger partial charge in [0.1, 0.15) is 0 Å². The molecule has 0 unspecified atom stereocenters. The molecule has 0 saturated carbocycles. The van der Waals surface area contributed by atoms with E-state index in [1.165, 1.54) is 7.11 Å². The summed E-state index contributed by atoms with van der Waals surface area (Å²) in [7, 11) is 1.46. The van der Waals surface area contributed by atoms with Crippen LogP contribution in [0.4, 0.5) is 4.39 Å². The Balaban J connectivity index is 2.29. The van der Waals surface area contributed by atoms with Crippen LogP contribution >= 0.6 is 0 Å². The summed E-state index contributed by atoms with van der Waals surface area (Å²) in [5.41, 5.74) is 2.20. The van der Waals surface area contributed by atoms with Crippen molar-refractivity contribution in [1.29, 1.82) is 0 Å². The summed E-state index contributed by atoms with van der Waals surface area (Å²) in [6.45, 7) is 0. The Morgan fingerprint density at radius 1 is 1.11 bits per heavy atom. The summed E-state index contributed by atoms with van der Waals surface area (Å²) in [6, 6.07) is 10.8. The van der Waals surface area contributed by atoms with Gasteiger partial charge in [-0.05, 0) is 17.7 Å². The highest BCUT2D eigenvalue weighted by Gasteiger charge is 2.13. The smallest absolute Gasteiger partial charge is 0.172 e. The zero-order valence-corrected chi connectivity index (χ0v) is 9.77. The number of aromatic amines is 1. The number of nitrogens with one attached hydrogen (secondary N) is 1. The molecule has 0 radical (unpaired) electrons. The predicted octanol–water partition coefficient (Wildman–Crippen LogP) is 3.38. The lowest BCUT2D eigenvalue weighted by Gasteiger charge is -2.08. The van der Waals surface area contributed by atoms with E-state index in [1.54, 1.807) is 24.4 Å². The van der Waals surface area contributed by atoms with Crippen molar-refractivity contribution in [1.82, 2.24) is 10.2 Å². The number of ether oxygens (including phenoxy) is 1. The molecule has 18 heavy (non-hydrogen) atoms. The minimum atomic E-state index is -0.353. The number of fused-ring (bicyclic) bond motifs is 1. The Labute approximate surface area is 103 Å². The Morgan fingerprint density at radius 3 is 2.72 bits per heavy atom. The molecule has 0 aliphatic heterocycles. The first-order valence-electron chi connectivity index (χ1n) is 5.56. The average Bonchev–Trinajstić information content (AvgIpc) is 2.87. The highest BCUT2D eigenvalue weighted by molar-refractivity contribution is 5.94. The average molecular weight is 242 g/mol. The third kappa shape index (κ3) is 1.54. The molecule has 0 spiro atoms. The van der Waals surface area contributed by atoms with E-state index in [9.17, 15) is 4.39 Å². The van der Waals surface area contributed by atoms with Gasteiger partial charge >= 0.3 is 0 Å². The van der Waals surface area contributed by atoms with Gasteiger partial charge in [-0.2, -0.15) is 5.10 Å². The lowest BCUT2D eigenvalue weighted by molar-refractivity contribution is 0.387. The molecule has 0 aliphatic carbocycles.